The van der Waals surface area contributed by atoms with Gasteiger partial charge in [0.05, 0.1) is 5.60 Å². The predicted molar refractivity (Wildman–Crippen MR) is 74.6 cm³/mol. The molecule has 2 heteroatoms. The van der Waals surface area contributed by atoms with E-state index in [1.165, 1.54) is 11.3 Å². The monoisotopic (exact) mass is 235 g/mol. The van der Waals surface area contributed by atoms with Crippen LogP contribution in [0.3, 0.4) is 0 Å². The Bertz CT molecular complexity index is 347. The fourth-order valence-electron chi connectivity index (χ4n) is 2.11. The topological polar surface area (TPSA) is 21.3 Å². The van der Waals surface area contributed by atoms with Gasteiger partial charge in [-0.1, -0.05) is 25.1 Å². The average Bonchev–Trinajstić information content (AvgIpc) is 2.29. The Morgan fingerprint density at radius 2 is 1.94 bits per heavy atom. The zero-order chi connectivity index (χ0) is 12.9. The number of anilines is 1. The van der Waals surface area contributed by atoms with Crippen molar-refractivity contribution in [1.29, 1.82) is 0 Å². The largest absolute Gasteiger partial charge is 0.382 e. The van der Waals surface area contributed by atoms with Gasteiger partial charge in [-0.25, -0.2) is 0 Å². The maximum absolute atomic E-state index is 5.46. The molecule has 1 N–H and O–H groups in total. The van der Waals surface area contributed by atoms with Crippen molar-refractivity contribution < 1.29 is 4.74 Å². The quantitative estimate of drug-likeness (QED) is 0.808. The molecular weight excluding hydrogens is 210 g/mol. The molecule has 0 spiro atoms. The molecule has 1 aromatic rings. The molecular formula is C15H25NO. The minimum Gasteiger partial charge on any atom is -0.382 e. The van der Waals surface area contributed by atoms with Crippen LogP contribution in [0, 0.1) is 0 Å². The lowest BCUT2D eigenvalue weighted by atomic mass is 9.99. The van der Waals surface area contributed by atoms with Gasteiger partial charge in [-0.15, -0.1) is 0 Å². The van der Waals surface area contributed by atoms with Gasteiger partial charge in [0.1, 0.15) is 0 Å². The number of hydrogen-bond acceptors (Lipinski definition) is 2. The van der Waals surface area contributed by atoms with Gasteiger partial charge in [0.15, 0.2) is 0 Å². The van der Waals surface area contributed by atoms with Gasteiger partial charge < -0.3 is 10.1 Å². The summed E-state index contributed by atoms with van der Waals surface area (Å²) in [6.45, 7) is 8.63. The van der Waals surface area contributed by atoms with E-state index in [1.54, 1.807) is 7.11 Å². The molecule has 0 aliphatic carbocycles. The van der Waals surface area contributed by atoms with Crippen molar-refractivity contribution in [3.63, 3.8) is 0 Å². The molecule has 17 heavy (non-hydrogen) atoms. The number of rotatable bonds is 6. The first-order valence-corrected chi connectivity index (χ1v) is 6.38. The smallest absolute Gasteiger partial charge is 0.0642 e. The van der Waals surface area contributed by atoms with Crippen LogP contribution < -0.4 is 5.32 Å². The molecule has 0 radical (unpaired) electrons. The lowest BCUT2D eigenvalue weighted by molar-refractivity contribution is 0.0128. The Balaban J connectivity index is 2.65. The second-order valence-corrected chi connectivity index (χ2v) is 5.22. The number of aryl methyl sites for hydroxylation is 1. The number of hydrogen-bond donors (Lipinski definition) is 1. The Kier molecular flexibility index (Phi) is 5.01. The Morgan fingerprint density at radius 1 is 1.29 bits per heavy atom. The molecule has 0 aliphatic rings. The number of nitrogens with one attached hydrogen (secondary N) is 1. The zero-order valence-corrected chi connectivity index (χ0v) is 11.7. The molecule has 0 bridgehead atoms. The predicted octanol–water partition coefficient (Wildman–Crippen LogP) is 3.86. The summed E-state index contributed by atoms with van der Waals surface area (Å²) in [5.74, 6) is 0. The first kappa shape index (κ1) is 14.0. The number of benzene rings is 1. The van der Waals surface area contributed by atoms with Gasteiger partial charge in [-0.2, -0.15) is 0 Å². The van der Waals surface area contributed by atoms with Gasteiger partial charge in [0.25, 0.3) is 0 Å². The average molecular weight is 235 g/mol. The third-order valence-corrected chi connectivity index (χ3v) is 3.15. The highest BCUT2D eigenvalue weighted by molar-refractivity contribution is 5.51. The van der Waals surface area contributed by atoms with Crippen molar-refractivity contribution in [3.8, 4) is 0 Å². The summed E-state index contributed by atoms with van der Waals surface area (Å²) in [6.07, 6.45) is 2.05. The van der Waals surface area contributed by atoms with Crippen molar-refractivity contribution in [3.05, 3.63) is 29.8 Å². The van der Waals surface area contributed by atoms with E-state index in [0.29, 0.717) is 6.04 Å². The van der Waals surface area contributed by atoms with E-state index in [-0.39, 0.29) is 5.60 Å². The molecule has 0 aliphatic heterocycles. The number of methoxy groups -OCH3 is 1. The molecule has 1 unspecified atom stereocenters. The first-order valence-electron chi connectivity index (χ1n) is 6.38. The summed E-state index contributed by atoms with van der Waals surface area (Å²) in [4.78, 5) is 0. The molecule has 1 atom stereocenters. The van der Waals surface area contributed by atoms with Crippen LogP contribution in [-0.2, 0) is 11.2 Å². The number of para-hydroxylation sites is 1. The van der Waals surface area contributed by atoms with Gasteiger partial charge in [0.2, 0.25) is 0 Å². The third-order valence-electron chi connectivity index (χ3n) is 3.15. The summed E-state index contributed by atoms with van der Waals surface area (Å²) in [5.41, 5.74) is 2.54. The maximum atomic E-state index is 5.46. The highest BCUT2D eigenvalue weighted by atomic mass is 16.5. The molecule has 1 rings (SSSR count). The normalized spacial score (nSPS) is 13.5. The summed E-state index contributed by atoms with van der Waals surface area (Å²) >= 11 is 0. The molecule has 0 heterocycles. The standard InChI is InChI=1S/C15H25NO/c1-6-13-9-7-8-10-14(13)16-12(2)11-15(3,4)17-5/h7-10,12,16H,6,11H2,1-5H3. The molecule has 96 valence electrons. The lowest BCUT2D eigenvalue weighted by Gasteiger charge is -2.28. The van der Waals surface area contributed by atoms with E-state index >= 15 is 0 Å². The molecule has 0 saturated heterocycles. The summed E-state index contributed by atoms with van der Waals surface area (Å²) in [5, 5.41) is 3.57. The van der Waals surface area contributed by atoms with Crippen molar-refractivity contribution in [2.45, 2.75) is 52.2 Å². The van der Waals surface area contributed by atoms with Crippen LogP contribution in [0.2, 0.25) is 0 Å². The maximum Gasteiger partial charge on any atom is 0.0642 e. The van der Waals surface area contributed by atoms with Gasteiger partial charge in [0, 0.05) is 18.8 Å². The minimum absolute atomic E-state index is 0.0758. The zero-order valence-electron chi connectivity index (χ0n) is 11.7. The first-order chi connectivity index (χ1) is 7.98. The van der Waals surface area contributed by atoms with Crippen LogP contribution in [0.25, 0.3) is 0 Å². The van der Waals surface area contributed by atoms with Crippen LogP contribution in [0.15, 0.2) is 24.3 Å². The van der Waals surface area contributed by atoms with E-state index in [4.69, 9.17) is 4.74 Å². The van der Waals surface area contributed by atoms with E-state index in [2.05, 4.69) is 57.3 Å². The molecule has 0 saturated carbocycles. The fourth-order valence-corrected chi connectivity index (χ4v) is 2.11. The third kappa shape index (κ3) is 4.39. The van der Waals surface area contributed by atoms with E-state index in [9.17, 15) is 0 Å². The van der Waals surface area contributed by atoms with Crippen LogP contribution in [0.4, 0.5) is 5.69 Å². The van der Waals surface area contributed by atoms with Gasteiger partial charge in [-0.05, 0) is 45.2 Å². The van der Waals surface area contributed by atoms with Crippen LogP contribution in [-0.4, -0.2) is 18.8 Å². The van der Waals surface area contributed by atoms with Crippen molar-refractivity contribution in [2.75, 3.05) is 12.4 Å². The Hall–Kier alpha value is -1.02. The van der Waals surface area contributed by atoms with E-state index in [1.807, 2.05) is 0 Å². The van der Waals surface area contributed by atoms with Crippen molar-refractivity contribution >= 4 is 5.69 Å². The van der Waals surface area contributed by atoms with Crippen LogP contribution >= 0.6 is 0 Å². The summed E-state index contributed by atoms with van der Waals surface area (Å²) in [7, 11) is 1.77. The Morgan fingerprint density at radius 3 is 2.53 bits per heavy atom. The molecule has 2 nitrogen and oxygen atoms in total. The molecule has 1 aromatic carbocycles. The van der Waals surface area contributed by atoms with E-state index < -0.39 is 0 Å². The summed E-state index contributed by atoms with van der Waals surface area (Å²) < 4.78 is 5.46. The van der Waals surface area contributed by atoms with Crippen LogP contribution in [0.5, 0.6) is 0 Å². The Labute approximate surface area is 105 Å². The minimum atomic E-state index is -0.0758. The van der Waals surface area contributed by atoms with Crippen LogP contribution in [0.1, 0.15) is 39.7 Å². The second-order valence-electron chi connectivity index (χ2n) is 5.22. The molecule has 0 aromatic heterocycles. The molecule has 0 fully saturated rings. The lowest BCUT2D eigenvalue weighted by Crippen LogP contribution is -2.31. The highest BCUT2D eigenvalue weighted by Crippen LogP contribution is 2.21. The van der Waals surface area contributed by atoms with Crippen molar-refractivity contribution in [1.82, 2.24) is 0 Å². The van der Waals surface area contributed by atoms with Gasteiger partial charge >= 0.3 is 0 Å². The fraction of sp³-hybridized carbons (Fsp3) is 0.600. The van der Waals surface area contributed by atoms with E-state index in [0.717, 1.165) is 12.8 Å². The highest BCUT2D eigenvalue weighted by Gasteiger charge is 2.20. The molecule has 0 amide bonds. The summed E-state index contributed by atoms with van der Waals surface area (Å²) in [6, 6.07) is 8.90. The second kappa shape index (κ2) is 6.06. The van der Waals surface area contributed by atoms with Gasteiger partial charge in [-0.3, -0.25) is 0 Å². The number of ether oxygens (including phenoxy) is 1. The van der Waals surface area contributed by atoms with Crippen molar-refractivity contribution in [2.24, 2.45) is 0 Å². The SMILES string of the molecule is CCc1ccccc1NC(C)CC(C)(C)OC.